The molecule has 0 spiro atoms. The number of hydrogen-bond acceptors (Lipinski definition) is 8. The Balaban J connectivity index is 1.42. The summed E-state index contributed by atoms with van der Waals surface area (Å²) in [4.78, 5) is 0. The zero-order valence-electron chi connectivity index (χ0n) is 24.7. The van der Waals surface area contributed by atoms with E-state index in [0.717, 1.165) is 96.1 Å². The number of allylic oxidation sites excluding steroid dienone is 2. The van der Waals surface area contributed by atoms with Gasteiger partial charge in [-0.25, -0.2) is 0 Å². The van der Waals surface area contributed by atoms with Crippen molar-refractivity contribution in [3.05, 3.63) is 30.1 Å². The Morgan fingerprint density at radius 1 is 1.05 bits per heavy atom. The third kappa shape index (κ3) is 10.0. The van der Waals surface area contributed by atoms with Crippen molar-refractivity contribution in [1.29, 1.82) is 0 Å². The molecule has 4 rings (SSSR count). The van der Waals surface area contributed by atoms with Crippen LogP contribution in [0.3, 0.4) is 0 Å². The fraction of sp³-hybridized carbons (Fsp3) is 0.839. The van der Waals surface area contributed by atoms with Crippen LogP contribution in [0.1, 0.15) is 110 Å². The SMILES string of the molecule is CCCCCC(C)(C=CC1C(OC2CCCCO2)CC(O)C1C/C=C\CCCc1nn[nH]n1)OC1CCCCO1. The van der Waals surface area contributed by atoms with Gasteiger partial charge in [-0.3, -0.25) is 0 Å². The van der Waals surface area contributed by atoms with Gasteiger partial charge in [0.2, 0.25) is 0 Å². The van der Waals surface area contributed by atoms with Crippen LogP contribution < -0.4 is 0 Å². The number of nitrogens with zero attached hydrogens (tertiary/aromatic N) is 3. The van der Waals surface area contributed by atoms with Crippen LogP contribution in [0.2, 0.25) is 0 Å². The molecule has 1 aromatic heterocycles. The lowest BCUT2D eigenvalue weighted by Crippen LogP contribution is -2.36. The third-order valence-corrected chi connectivity index (χ3v) is 8.58. The molecule has 2 saturated heterocycles. The summed E-state index contributed by atoms with van der Waals surface area (Å²) in [5.74, 6) is 0.924. The monoisotopic (exact) mass is 560 g/mol. The average Bonchev–Trinajstić information content (AvgIpc) is 3.58. The molecule has 226 valence electrons. The minimum atomic E-state index is -0.416. The third-order valence-electron chi connectivity index (χ3n) is 8.58. The first-order valence-corrected chi connectivity index (χ1v) is 15.9. The zero-order chi connectivity index (χ0) is 28.0. The molecule has 0 amide bonds. The van der Waals surface area contributed by atoms with Crippen molar-refractivity contribution >= 4 is 0 Å². The van der Waals surface area contributed by atoms with Crippen molar-refractivity contribution < 1.29 is 24.1 Å². The number of aryl methyl sites for hydroxylation is 1. The van der Waals surface area contributed by atoms with Crippen LogP contribution in [-0.4, -0.2) is 69.3 Å². The van der Waals surface area contributed by atoms with Gasteiger partial charge in [0.1, 0.15) is 0 Å². The topological polar surface area (TPSA) is 112 Å². The standard InChI is InChI=1S/C31H52N4O5/c1-3-4-11-19-31(2,40-30-17-10-13-22-38-30)20-18-25-24(14-7-5-6-8-15-28-32-34-35-33-28)26(36)23-27(25)39-29-16-9-12-21-37-29/h5,7,18,20,24-27,29-30,36H,3-4,6,8-17,19,21-23H2,1-2H3,(H,32,33,34,35)/b7-5-,20-18?. The fourth-order valence-electron chi connectivity index (χ4n) is 6.21. The summed E-state index contributed by atoms with van der Waals surface area (Å²) >= 11 is 0. The van der Waals surface area contributed by atoms with Crippen molar-refractivity contribution in [1.82, 2.24) is 20.6 Å². The minimum absolute atomic E-state index is 0.0724. The van der Waals surface area contributed by atoms with E-state index < -0.39 is 11.7 Å². The van der Waals surface area contributed by atoms with Crippen LogP contribution in [0.25, 0.3) is 0 Å². The number of aromatic amines is 1. The van der Waals surface area contributed by atoms with Crippen LogP contribution in [0, 0.1) is 11.8 Å². The molecule has 7 unspecified atom stereocenters. The Morgan fingerprint density at radius 3 is 2.55 bits per heavy atom. The molecule has 3 heterocycles. The normalized spacial score (nSPS) is 31.3. The van der Waals surface area contributed by atoms with E-state index in [0.29, 0.717) is 6.42 Å². The van der Waals surface area contributed by atoms with Crippen LogP contribution >= 0.6 is 0 Å². The molecular weight excluding hydrogens is 508 g/mol. The minimum Gasteiger partial charge on any atom is -0.393 e. The molecule has 3 aliphatic rings. The van der Waals surface area contributed by atoms with E-state index in [1.807, 2.05) is 0 Å². The van der Waals surface area contributed by atoms with Gasteiger partial charge in [0.15, 0.2) is 18.4 Å². The van der Waals surface area contributed by atoms with E-state index in [1.54, 1.807) is 0 Å². The first-order valence-electron chi connectivity index (χ1n) is 15.9. The Hall–Kier alpha value is -1.65. The fourth-order valence-corrected chi connectivity index (χ4v) is 6.21. The number of tetrazole rings is 1. The molecule has 2 N–H and O–H groups in total. The van der Waals surface area contributed by atoms with Gasteiger partial charge in [-0.15, -0.1) is 10.2 Å². The highest BCUT2D eigenvalue weighted by molar-refractivity contribution is 5.10. The Bertz CT molecular complexity index is 869. The molecule has 9 heteroatoms. The second-order valence-corrected chi connectivity index (χ2v) is 12.0. The van der Waals surface area contributed by atoms with Gasteiger partial charge in [0, 0.05) is 32.0 Å². The molecule has 1 saturated carbocycles. The predicted octanol–water partition coefficient (Wildman–Crippen LogP) is 5.82. The summed E-state index contributed by atoms with van der Waals surface area (Å²) in [6, 6.07) is 0. The van der Waals surface area contributed by atoms with Gasteiger partial charge in [-0.2, -0.15) is 5.21 Å². The van der Waals surface area contributed by atoms with E-state index >= 15 is 0 Å². The molecule has 7 atom stereocenters. The molecule has 1 aliphatic carbocycles. The molecular formula is C31H52N4O5. The smallest absolute Gasteiger partial charge is 0.174 e. The quantitative estimate of drug-likeness (QED) is 0.192. The second kappa shape index (κ2) is 16.7. The maximum absolute atomic E-state index is 11.2. The van der Waals surface area contributed by atoms with E-state index in [2.05, 4.69) is 58.8 Å². The van der Waals surface area contributed by atoms with Crippen molar-refractivity contribution in [2.45, 2.75) is 141 Å². The van der Waals surface area contributed by atoms with Crippen LogP contribution in [-0.2, 0) is 25.4 Å². The molecule has 2 aliphatic heterocycles. The van der Waals surface area contributed by atoms with Crippen molar-refractivity contribution in [2.24, 2.45) is 11.8 Å². The lowest BCUT2D eigenvalue weighted by molar-refractivity contribution is -0.208. The van der Waals surface area contributed by atoms with Gasteiger partial charge in [0.05, 0.1) is 17.8 Å². The Kier molecular flexibility index (Phi) is 13.1. The number of ether oxygens (including phenoxy) is 4. The lowest BCUT2D eigenvalue weighted by Gasteiger charge is -2.34. The van der Waals surface area contributed by atoms with Crippen molar-refractivity contribution in [3.8, 4) is 0 Å². The van der Waals surface area contributed by atoms with Crippen molar-refractivity contribution in [3.63, 3.8) is 0 Å². The number of aliphatic hydroxyl groups is 1. The number of rotatable bonds is 16. The summed E-state index contributed by atoms with van der Waals surface area (Å²) in [6.07, 6.45) is 23.1. The first kappa shape index (κ1) is 31.3. The maximum atomic E-state index is 11.2. The average molecular weight is 561 g/mol. The number of unbranched alkanes of at least 4 members (excludes halogenated alkanes) is 3. The first-order chi connectivity index (χ1) is 19.6. The van der Waals surface area contributed by atoms with Crippen LogP contribution in [0.4, 0.5) is 0 Å². The highest BCUT2D eigenvalue weighted by Gasteiger charge is 2.43. The largest absolute Gasteiger partial charge is 0.393 e. The summed E-state index contributed by atoms with van der Waals surface area (Å²) in [5, 5.41) is 25.3. The van der Waals surface area contributed by atoms with E-state index in [1.165, 1.54) is 12.8 Å². The number of aromatic nitrogens is 4. The predicted molar refractivity (Wildman–Crippen MR) is 153 cm³/mol. The lowest BCUT2D eigenvalue weighted by atomic mass is 9.87. The molecule has 9 nitrogen and oxygen atoms in total. The Morgan fingerprint density at radius 2 is 1.85 bits per heavy atom. The number of hydrogen-bond donors (Lipinski definition) is 2. The summed E-state index contributed by atoms with van der Waals surface area (Å²) in [5.41, 5.74) is -0.411. The molecule has 40 heavy (non-hydrogen) atoms. The summed E-state index contributed by atoms with van der Waals surface area (Å²) < 4.78 is 25.0. The van der Waals surface area contributed by atoms with Gasteiger partial charge < -0.3 is 24.1 Å². The van der Waals surface area contributed by atoms with Gasteiger partial charge in [-0.1, -0.05) is 55.7 Å². The van der Waals surface area contributed by atoms with E-state index in [-0.39, 0.29) is 30.5 Å². The van der Waals surface area contributed by atoms with Gasteiger partial charge >= 0.3 is 0 Å². The Labute approximate surface area is 240 Å². The van der Waals surface area contributed by atoms with Crippen LogP contribution in [0.15, 0.2) is 24.3 Å². The summed E-state index contributed by atoms with van der Waals surface area (Å²) in [6.45, 7) is 5.95. The molecule has 0 aromatic carbocycles. The zero-order valence-corrected chi connectivity index (χ0v) is 24.7. The number of nitrogens with one attached hydrogen (secondary N) is 1. The van der Waals surface area contributed by atoms with Gasteiger partial charge in [0.25, 0.3) is 0 Å². The van der Waals surface area contributed by atoms with Crippen molar-refractivity contribution in [2.75, 3.05) is 13.2 Å². The van der Waals surface area contributed by atoms with Crippen LogP contribution in [0.5, 0.6) is 0 Å². The van der Waals surface area contributed by atoms with E-state index in [9.17, 15) is 5.11 Å². The molecule has 3 fully saturated rings. The number of H-pyrrole nitrogens is 1. The number of aliphatic hydroxyl groups excluding tert-OH is 1. The van der Waals surface area contributed by atoms with E-state index in [4.69, 9.17) is 18.9 Å². The maximum Gasteiger partial charge on any atom is 0.174 e. The molecule has 1 aromatic rings. The molecule has 0 bridgehead atoms. The molecule has 0 radical (unpaired) electrons. The summed E-state index contributed by atoms with van der Waals surface area (Å²) in [7, 11) is 0. The second-order valence-electron chi connectivity index (χ2n) is 12.0. The highest BCUT2D eigenvalue weighted by atomic mass is 16.7. The highest BCUT2D eigenvalue weighted by Crippen LogP contribution is 2.40. The van der Waals surface area contributed by atoms with Gasteiger partial charge in [-0.05, 0) is 77.0 Å².